The highest BCUT2D eigenvalue weighted by Crippen LogP contribution is 1.99. The maximum Gasteiger partial charge on any atom is 0.317 e. The van der Waals surface area contributed by atoms with Crippen LogP contribution in [-0.4, -0.2) is 34.6 Å². The number of likely N-dealkylation sites (N-methyl/N-ethyl adjacent to an activating group) is 1. The third kappa shape index (κ3) is 7.13. The fourth-order valence-corrected chi connectivity index (χ4v) is 1.09. The lowest BCUT2D eigenvalue weighted by atomic mass is 10.3. The van der Waals surface area contributed by atoms with E-state index in [2.05, 4.69) is 4.98 Å². The molecule has 0 spiro atoms. The number of carbonyl (C=O) groups is 1. The molecular formula is C9H14Cl2N2O2. The Kier molecular flexibility index (Phi) is 9.36. The molecular weight excluding hydrogens is 239 g/mol. The molecule has 4 nitrogen and oxygen atoms in total. The number of hydrogen-bond donors (Lipinski definition) is 1. The van der Waals surface area contributed by atoms with Gasteiger partial charge in [0.05, 0.1) is 6.54 Å². The number of hydrogen-bond acceptors (Lipinski definition) is 3. The molecule has 0 atom stereocenters. The fraction of sp³-hybridized carbons (Fsp3) is 0.333. The predicted molar refractivity (Wildman–Crippen MR) is 62.7 cm³/mol. The predicted octanol–water partition coefficient (Wildman–Crippen LogP) is 1.44. The largest absolute Gasteiger partial charge is 0.480 e. The average Bonchev–Trinajstić information content (AvgIpc) is 2.04. The Bertz CT molecular complexity index is 283. The highest BCUT2D eigenvalue weighted by Gasteiger charge is 2.04. The van der Waals surface area contributed by atoms with Crippen molar-refractivity contribution in [1.29, 1.82) is 0 Å². The van der Waals surface area contributed by atoms with Crippen LogP contribution in [0.25, 0.3) is 0 Å². The molecule has 1 aromatic heterocycles. The first-order valence-corrected chi connectivity index (χ1v) is 3.97. The van der Waals surface area contributed by atoms with Crippen molar-refractivity contribution in [2.75, 3.05) is 13.6 Å². The number of nitrogens with zero attached hydrogens (tertiary/aromatic N) is 2. The van der Waals surface area contributed by atoms with E-state index >= 15 is 0 Å². The van der Waals surface area contributed by atoms with E-state index in [4.69, 9.17) is 5.11 Å². The van der Waals surface area contributed by atoms with E-state index in [0.29, 0.717) is 6.54 Å². The summed E-state index contributed by atoms with van der Waals surface area (Å²) in [6, 6.07) is 3.76. The molecule has 0 saturated carbocycles. The summed E-state index contributed by atoms with van der Waals surface area (Å²) in [5.74, 6) is -0.814. The fourth-order valence-electron chi connectivity index (χ4n) is 1.09. The van der Waals surface area contributed by atoms with Crippen LogP contribution in [-0.2, 0) is 11.3 Å². The topological polar surface area (TPSA) is 53.4 Å². The lowest BCUT2D eigenvalue weighted by molar-refractivity contribution is -0.138. The van der Waals surface area contributed by atoms with Crippen LogP contribution >= 0.6 is 24.8 Å². The van der Waals surface area contributed by atoms with Crippen LogP contribution < -0.4 is 0 Å². The monoisotopic (exact) mass is 252 g/mol. The second-order valence-electron chi connectivity index (χ2n) is 2.93. The van der Waals surface area contributed by atoms with Gasteiger partial charge in [0.1, 0.15) is 0 Å². The van der Waals surface area contributed by atoms with Crippen molar-refractivity contribution in [2.24, 2.45) is 0 Å². The third-order valence-electron chi connectivity index (χ3n) is 1.58. The molecule has 1 N–H and O–H groups in total. The van der Waals surface area contributed by atoms with Crippen molar-refractivity contribution < 1.29 is 9.90 Å². The number of carboxylic acid groups (broad SMARTS) is 1. The summed E-state index contributed by atoms with van der Waals surface area (Å²) >= 11 is 0. The van der Waals surface area contributed by atoms with Crippen LogP contribution in [0.5, 0.6) is 0 Å². The Morgan fingerprint density at radius 1 is 1.53 bits per heavy atom. The van der Waals surface area contributed by atoms with Gasteiger partial charge in [0, 0.05) is 18.9 Å². The van der Waals surface area contributed by atoms with Crippen LogP contribution in [0.3, 0.4) is 0 Å². The second-order valence-corrected chi connectivity index (χ2v) is 2.93. The Labute approximate surface area is 101 Å². The van der Waals surface area contributed by atoms with E-state index < -0.39 is 5.97 Å². The summed E-state index contributed by atoms with van der Waals surface area (Å²) in [5.41, 5.74) is 1.02. The van der Waals surface area contributed by atoms with E-state index in [1.54, 1.807) is 24.3 Å². The lowest BCUT2D eigenvalue weighted by Crippen LogP contribution is -2.25. The standard InChI is InChI=1S/C9H12N2O2.2ClH/c1-11(7-9(12)13)6-8-3-2-4-10-5-8;;/h2-5H,6-7H2,1H3,(H,12,13);2*1H. The first-order chi connectivity index (χ1) is 6.18. The van der Waals surface area contributed by atoms with Gasteiger partial charge in [-0.1, -0.05) is 6.07 Å². The summed E-state index contributed by atoms with van der Waals surface area (Å²) in [6.07, 6.45) is 3.43. The van der Waals surface area contributed by atoms with E-state index in [1.165, 1.54) is 0 Å². The van der Waals surface area contributed by atoms with Gasteiger partial charge in [0.15, 0.2) is 0 Å². The molecule has 0 bridgehead atoms. The van der Waals surface area contributed by atoms with E-state index in [0.717, 1.165) is 5.56 Å². The molecule has 0 aromatic carbocycles. The zero-order valence-electron chi connectivity index (χ0n) is 8.29. The van der Waals surface area contributed by atoms with E-state index in [1.807, 2.05) is 12.1 Å². The summed E-state index contributed by atoms with van der Waals surface area (Å²) in [7, 11) is 1.76. The summed E-state index contributed by atoms with van der Waals surface area (Å²) in [6.45, 7) is 0.662. The Balaban J connectivity index is 0. The number of carboxylic acids is 1. The molecule has 1 heterocycles. The van der Waals surface area contributed by atoms with Crippen LogP contribution in [0.2, 0.25) is 0 Å². The first kappa shape index (κ1) is 16.6. The molecule has 0 radical (unpaired) electrons. The van der Waals surface area contributed by atoms with Crippen molar-refractivity contribution in [3.05, 3.63) is 30.1 Å². The number of halogens is 2. The summed E-state index contributed by atoms with van der Waals surface area (Å²) in [4.78, 5) is 16.0. The van der Waals surface area contributed by atoms with Gasteiger partial charge in [-0.15, -0.1) is 24.8 Å². The molecule has 0 saturated heterocycles. The van der Waals surface area contributed by atoms with Crippen molar-refractivity contribution in [1.82, 2.24) is 9.88 Å². The molecule has 1 rings (SSSR count). The summed E-state index contributed by atoms with van der Waals surface area (Å²) < 4.78 is 0. The molecule has 0 aliphatic carbocycles. The molecule has 0 fully saturated rings. The molecule has 0 amide bonds. The van der Waals surface area contributed by atoms with Gasteiger partial charge in [-0.25, -0.2) is 0 Å². The van der Waals surface area contributed by atoms with Gasteiger partial charge in [-0.2, -0.15) is 0 Å². The minimum absolute atomic E-state index is 0. The molecule has 86 valence electrons. The Morgan fingerprint density at radius 2 is 2.20 bits per heavy atom. The van der Waals surface area contributed by atoms with Crippen molar-refractivity contribution in [3.63, 3.8) is 0 Å². The van der Waals surface area contributed by atoms with Crippen molar-refractivity contribution in [2.45, 2.75) is 6.54 Å². The maximum absolute atomic E-state index is 10.3. The molecule has 1 aromatic rings. The zero-order chi connectivity index (χ0) is 9.68. The second kappa shape index (κ2) is 8.47. The first-order valence-electron chi connectivity index (χ1n) is 3.97. The van der Waals surface area contributed by atoms with Gasteiger partial charge in [-0.3, -0.25) is 14.7 Å². The average molecular weight is 253 g/mol. The maximum atomic E-state index is 10.3. The Hall–Kier alpha value is -0.840. The third-order valence-corrected chi connectivity index (χ3v) is 1.58. The van der Waals surface area contributed by atoms with Crippen LogP contribution in [0.4, 0.5) is 0 Å². The highest BCUT2D eigenvalue weighted by atomic mass is 35.5. The normalized spacial score (nSPS) is 8.93. The number of rotatable bonds is 4. The van der Waals surface area contributed by atoms with Crippen LogP contribution in [0.15, 0.2) is 24.5 Å². The van der Waals surface area contributed by atoms with Gasteiger partial charge < -0.3 is 5.11 Å². The minimum Gasteiger partial charge on any atom is -0.480 e. The van der Waals surface area contributed by atoms with Crippen LogP contribution in [0, 0.1) is 0 Å². The van der Waals surface area contributed by atoms with Gasteiger partial charge in [0.25, 0.3) is 0 Å². The molecule has 0 unspecified atom stereocenters. The quantitative estimate of drug-likeness (QED) is 0.882. The molecule has 0 aliphatic rings. The lowest BCUT2D eigenvalue weighted by Gasteiger charge is -2.12. The van der Waals surface area contributed by atoms with E-state index in [9.17, 15) is 4.79 Å². The minimum atomic E-state index is -0.814. The molecule has 15 heavy (non-hydrogen) atoms. The van der Waals surface area contributed by atoms with Crippen molar-refractivity contribution >= 4 is 30.8 Å². The van der Waals surface area contributed by atoms with E-state index in [-0.39, 0.29) is 31.4 Å². The van der Waals surface area contributed by atoms with Gasteiger partial charge in [0.2, 0.25) is 0 Å². The summed E-state index contributed by atoms with van der Waals surface area (Å²) in [5, 5.41) is 8.50. The number of aromatic nitrogens is 1. The number of aliphatic carboxylic acids is 1. The van der Waals surface area contributed by atoms with Gasteiger partial charge in [-0.05, 0) is 18.7 Å². The van der Waals surface area contributed by atoms with Crippen molar-refractivity contribution in [3.8, 4) is 0 Å². The zero-order valence-corrected chi connectivity index (χ0v) is 9.92. The Morgan fingerprint density at radius 3 is 2.67 bits per heavy atom. The SMILES string of the molecule is CN(CC(=O)O)Cc1cccnc1.Cl.Cl. The van der Waals surface area contributed by atoms with Gasteiger partial charge >= 0.3 is 5.97 Å². The highest BCUT2D eigenvalue weighted by molar-refractivity contribution is 5.85. The van der Waals surface area contributed by atoms with Crippen LogP contribution in [0.1, 0.15) is 5.56 Å². The molecule has 0 aliphatic heterocycles. The number of pyridine rings is 1. The smallest absolute Gasteiger partial charge is 0.317 e. The molecule has 6 heteroatoms.